The summed E-state index contributed by atoms with van der Waals surface area (Å²) in [7, 11) is 0. The molecule has 2 N–H and O–H groups in total. The number of likely N-dealkylation sites (tertiary alicyclic amines) is 1. The van der Waals surface area contributed by atoms with Gasteiger partial charge in [0.1, 0.15) is 5.82 Å². The Balaban J connectivity index is 1.50. The van der Waals surface area contributed by atoms with Crippen molar-refractivity contribution in [1.29, 1.82) is 0 Å². The van der Waals surface area contributed by atoms with Gasteiger partial charge in [0, 0.05) is 31.6 Å². The summed E-state index contributed by atoms with van der Waals surface area (Å²) >= 11 is 0. The zero-order chi connectivity index (χ0) is 17.4. The molecule has 4 rings (SSSR count). The van der Waals surface area contributed by atoms with Crippen molar-refractivity contribution in [3.8, 4) is 0 Å². The first-order valence-corrected chi connectivity index (χ1v) is 8.75. The number of benzene rings is 2. The van der Waals surface area contributed by atoms with Gasteiger partial charge in [0.25, 0.3) is 0 Å². The number of anilines is 1. The predicted molar refractivity (Wildman–Crippen MR) is 95.9 cm³/mol. The number of nitrogens with two attached hydrogens (primary N) is 1. The number of rotatable bonds is 3. The minimum Gasteiger partial charge on any atom is -0.326 e. The van der Waals surface area contributed by atoms with Crippen LogP contribution in [-0.4, -0.2) is 42.5 Å². The van der Waals surface area contributed by atoms with Crippen LogP contribution >= 0.6 is 0 Å². The van der Waals surface area contributed by atoms with Crippen LogP contribution in [0.25, 0.3) is 0 Å². The molecule has 4 nitrogen and oxygen atoms in total. The summed E-state index contributed by atoms with van der Waals surface area (Å²) in [4.78, 5) is 16.6. The van der Waals surface area contributed by atoms with Gasteiger partial charge in [0.05, 0.1) is 11.7 Å². The molecule has 25 heavy (non-hydrogen) atoms. The molecule has 1 amide bonds. The Morgan fingerprint density at radius 2 is 1.72 bits per heavy atom. The molecule has 0 spiro atoms. The lowest BCUT2D eigenvalue weighted by atomic mass is 9.95. The molecule has 2 aromatic carbocycles. The fourth-order valence-corrected chi connectivity index (χ4v) is 4.08. The zero-order valence-corrected chi connectivity index (χ0v) is 14.0. The molecule has 2 fully saturated rings. The maximum absolute atomic E-state index is 14.0. The Morgan fingerprint density at radius 3 is 2.48 bits per heavy atom. The average molecular weight is 339 g/mol. The van der Waals surface area contributed by atoms with Crippen molar-refractivity contribution in [2.75, 3.05) is 24.5 Å². The molecule has 2 aliphatic rings. The Hall–Kier alpha value is -2.24. The van der Waals surface area contributed by atoms with Crippen molar-refractivity contribution < 1.29 is 9.18 Å². The van der Waals surface area contributed by atoms with E-state index >= 15 is 0 Å². The van der Waals surface area contributed by atoms with Crippen LogP contribution in [-0.2, 0) is 4.79 Å². The van der Waals surface area contributed by atoms with Gasteiger partial charge in [-0.3, -0.25) is 9.69 Å². The normalized spacial score (nSPS) is 27.2. The van der Waals surface area contributed by atoms with Gasteiger partial charge in [0.2, 0.25) is 5.91 Å². The molecule has 130 valence electrons. The fraction of sp³-hybridized carbons (Fsp3) is 0.350. The highest BCUT2D eigenvalue weighted by Crippen LogP contribution is 2.32. The molecule has 0 bridgehead atoms. The first kappa shape index (κ1) is 16.2. The highest BCUT2D eigenvalue weighted by atomic mass is 19.1. The third-order valence-electron chi connectivity index (χ3n) is 5.38. The summed E-state index contributed by atoms with van der Waals surface area (Å²) in [5.74, 6) is -0.140. The van der Waals surface area contributed by atoms with E-state index in [0.29, 0.717) is 25.2 Å². The second-order valence-corrected chi connectivity index (χ2v) is 6.88. The third-order valence-corrected chi connectivity index (χ3v) is 5.38. The average Bonchev–Trinajstić information content (AvgIpc) is 3.19. The van der Waals surface area contributed by atoms with Crippen molar-refractivity contribution in [2.24, 2.45) is 5.73 Å². The maximum atomic E-state index is 14.0. The Kier molecular flexibility index (Phi) is 4.27. The van der Waals surface area contributed by atoms with Crippen LogP contribution in [0.2, 0.25) is 0 Å². The lowest BCUT2D eigenvalue weighted by Gasteiger charge is -2.23. The SMILES string of the molecule is N[C@@H]1CN(C2CCN(c3ccccc3F)C2=O)C[C@H]1c1ccccc1. The number of carbonyl (C=O) groups excluding carboxylic acids is 1. The van der Waals surface area contributed by atoms with Crippen LogP contribution in [0.5, 0.6) is 0 Å². The Labute approximate surface area is 147 Å². The standard InChI is InChI=1S/C20H22FN3O/c21-16-8-4-5-9-18(16)24-11-10-19(20(24)25)23-12-15(17(22)13-23)14-6-2-1-3-7-14/h1-9,15,17,19H,10-13,22H2/t15-,17+,19?/m0/s1. The quantitative estimate of drug-likeness (QED) is 0.934. The molecule has 2 saturated heterocycles. The van der Waals surface area contributed by atoms with E-state index in [9.17, 15) is 9.18 Å². The molecule has 0 saturated carbocycles. The van der Waals surface area contributed by atoms with Crippen molar-refractivity contribution in [3.05, 3.63) is 66.0 Å². The lowest BCUT2D eigenvalue weighted by Crippen LogP contribution is -2.41. The fourth-order valence-electron chi connectivity index (χ4n) is 4.08. The molecule has 5 heteroatoms. The number of hydrogen-bond donors (Lipinski definition) is 1. The predicted octanol–water partition coefficient (Wildman–Crippen LogP) is 2.36. The van der Waals surface area contributed by atoms with Crippen LogP contribution in [0.4, 0.5) is 10.1 Å². The second kappa shape index (κ2) is 6.58. The summed E-state index contributed by atoms with van der Waals surface area (Å²) in [6.07, 6.45) is 0.710. The van der Waals surface area contributed by atoms with Crippen molar-refractivity contribution in [2.45, 2.75) is 24.4 Å². The minimum atomic E-state index is -0.350. The molecule has 0 aliphatic carbocycles. The van der Waals surface area contributed by atoms with Crippen LogP contribution in [0, 0.1) is 5.82 Å². The highest BCUT2D eigenvalue weighted by molar-refractivity contribution is 5.99. The maximum Gasteiger partial charge on any atom is 0.244 e. The first-order valence-electron chi connectivity index (χ1n) is 8.75. The van der Waals surface area contributed by atoms with Gasteiger partial charge < -0.3 is 10.6 Å². The van der Waals surface area contributed by atoms with Gasteiger partial charge in [-0.1, -0.05) is 42.5 Å². The molecule has 0 aromatic heterocycles. The van der Waals surface area contributed by atoms with Gasteiger partial charge in [-0.25, -0.2) is 4.39 Å². The molecular formula is C20H22FN3O. The molecule has 3 atom stereocenters. The van der Waals surface area contributed by atoms with Gasteiger partial charge in [-0.2, -0.15) is 0 Å². The van der Waals surface area contributed by atoms with Gasteiger partial charge in [0.15, 0.2) is 0 Å². The van der Waals surface area contributed by atoms with Crippen LogP contribution in [0.15, 0.2) is 54.6 Å². The van der Waals surface area contributed by atoms with Crippen LogP contribution in [0.1, 0.15) is 17.9 Å². The smallest absolute Gasteiger partial charge is 0.244 e. The molecular weight excluding hydrogens is 317 g/mol. The van der Waals surface area contributed by atoms with E-state index in [1.165, 1.54) is 11.6 Å². The summed E-state index contributed by atoms with van der Waals surface area (Å²) in [6, 6.07) is 16.5. The van der Waals surface area contributed by atoms with E-state index in [4.69, 9.17) is 5.73 Å². The van der Waals surface area contributed by atoms with Crippen LogP contribution < -0.4 is 10.6 Å². The number of hydrogen-bond acceptors (Lipinski definition) is 3. The Bertz CT molecular complexity index is 767. The van der Waals surface area contributed by atoms with Crippen molar-refractivity contribution in [3.63, 3.8) is 0 Å². The number of carbonyl (C=O) groups is 1. The number of nitrogens with zero attached hydrogens (tertiary/aromatic N) is 2. The summed E-state index contributed by atoms with van der Waals surface area (Å²) in [5.41, 5.74) is 7.95. The molecule has 2 aromatic rings. The summed E-state index contributed by atoms with van der Waals surface area (Å²) in [6.45, 7) is 2.01. The monoisotopic (exact) mass is 339 g/mol. The van der Waals surface area contributed by atoms with E-state index in [0.717, 1.165) is 6.54 Å². The lowest BCUT2D eigenvalue weighted by molar-refractivity contribution is -0.121. The number of halogens is 1. The van der Waals surface area contributed by atoms with E-state index in [-0.39, 0.29) is 29.7 Å². The summed E-state index contributed by atoms with van der Waals surface area (Å²) < 4.78 is 14.0. The zero-order valence-electron chi connectivity index (χ0n) is 14.0. The van der Waals surface area contributed by atoms with Gasteiger partial charge in [-0.15, -0.1) is 0 Å². The largest absolute Gasteiger partial charge is 0.326 e. The van der Waals surface area contributed by atoms with Crippen molar-refractivity contribution in [1.82, 2.24) is 4.90 Å². The topological polar surface area (TPSA) is 49.6 Å². The second-order valence-electron chi connectivity index (χ2n) is 6.88. The van der Waals surface area contributed by atoms with Gasteiger partial charge >= 0.3 is 0 Å². The summed E-state index contributed by atoms with van der Waals surface area (Å²) in [5, 5.41) is 0. The molecule has 0 radical (unpaired) electrons. The van der Waals surface area contributed by atoms with Crippen LogP contribution in [0.3, 0.4) is 0 Å². The number of para-hydroxylation sites is 1. The van der Waals surface area contributed by atoms with Gasteiger partial charge in [-0.05, 0) is 24.1 Å². The Morgan fingerprint density at radius 1 is 1.00 bits per heavy atom. The molecule has 2 heterocycles. The van der Waals surface area contributed by atoms with E-state index in [1.807, 2.05) is 18.2 Å². The van der Waals surface area contributed by atoms with Crippen molar-refractivity contribution >= 4 is 11.6 Å². The van der Waals surface area contributed by atoms with E-state index in [2.05, 4.69) is 17.0 Å². The molecule has 2 aliphatic heterocycles. The number of amides is 1. The third kappa shape index (κ3) is 2.94. The molecule has 1 unspecified atom stereocenters. The minimum absolute atomic E-state index is 0.0118. The van der Waals surface area contributed by atoms with E-state index < -0.39 is 0 Å². The first-order chi connectivity index (χ1) is 12.1. The van der Waals surface area contributed by atoms with E-state index in [1.54, 1.807) is 23.1 Å². The highest BCUT2D eigenvalue weighted by Gasteiger charge is 2.42.